The zero-order valence-corrected chi connectivity index (χ0v) is 19.0. The number of benzene rings is 2. The molecule has 1 spiro atoms. The number of piperidine rings is 1. The molecule has 2 fully saturated rings. The van der Waals surface area contributed by atoms with E-state index in [0.717, 1.165) is 42.8 Å². The summed E-state index contributed by atoms with van der Waals surface area (Å²) in [5.41, 5.74) is 1.69. The van der Waals surface area contributed by atoms with E-state index in [1.54, 1.807) is 0 Å². The first-order valence-corrected chi connectivity index (χ1v) is 11.6. The van der Waals surface area contributed by atoms with Gasteiger partial charge in [0.15, 0.2) is 0 Å². The lowest BCUT2D eigenvalue weighted by Gasteiger charge is -2.51. The molecule has 5 nitrogen and oxygen atoms in total. The number of carbonyl (C=O) groups excluding carboxylic acids is 1. The van der Waals surface area contributed by atoms with E-state index < -0.39 is 0 Å². The molecule has 0 radical (unpaired) electrons. The van der Waals surface area contributed by atoms with Crippen molar-refractivity contribution in [2.75, 3.05) is 26.3 Å². The number of halogens is 1. The molecule has 0 saturated carbocycles. The lowest BCUT2D eigenvalue weighted by atomic mass is 9.79. The second-order valence-electron chi connectivity index (χ2n) is 9.32. The third-order valence-electron chi connectivity index (χ3n) is 6.44. The molecule has 32 heavy (non-hydrogen) atoms. The molecule has 1 amide bonds. The number of rotatable bonds is 7. The Morgan fingerprint density at radius 3 is 2.41 bits per heavy atom. The van der Waals surface area contributed by atoms with Crippen LogP contribution in [0.15, 0.2) is 48.5 Å². The van der Waals surface area contributed by atoms with Gasteiger partial charge < -0.3 is 19.7 Å². The predicted octanol–water partition coefficient (Wildman–Crippen LogP) is 3.95. The first kappa shape index (κ1) is 22.7. The van der Waals surface area contributed by atoms with Crippen molar-refractivity contribution in [1.82, 2.24) is 10.2 Å². The summed E-state index contributed by atoms with van der Waals surface area (Å²) in [6.07, 6.45) is 2.34. The zero-order chi connectivity index (χ0) is 22.6. The normalized spacial score (nSPS) is 20.7. The van der Waals surface area contributed by atoms with Gasteiger partial charge in [0.05, 0.1) is 18.2 Å². The van der Waals surface area contributed by atoms with Crippen molar-refractivity contribution in [2.45, 2.75) is 51.3 Å². The molecular weight excluding hydrogens is 407 g/mol. The average molecular weight is 441 g/mol. The molecule has 4 rings (SSSR count). The van der Waals surface area contributed by atoms with Crippen LogP contribution < -0.4 is 10.1 Å². The van der Waals surface area contributed by atoms with Crippen LogP contribution in [-0.2, 0) is 22.5 Å². The number of hydrogen-bond acceptors (Lipinski definition) is 4. The topological polar surface area (TPSA) is 50.8 Å². The highest BCUT2D eigenvalue weighted by molar-refractivity contribution is 5.79. The first-order valence-electron chi connectivity index (χ1n) is 11.6. The Labute approximate surface area is 189 Å². The fourth-order valence-corrected chi connectivity index (χ4v) is 4.66. The molecule has 1 atom stereocenters. The molecule has 2 aliphatic heterocycles. The maximum absolute atomic E-state index is 13.5. The summed E-state index contributed by atoms with van der Waals surface area (Å²) in [7, 11) is 0. The smallest absolute Gasteiger partial charge is 0.249 e. The van der Waals surface area contributed by atoms with Gasteiger partial charge in [-0.05, 0) is 73.7 Å². The lowest BCUT2D eigenvalue weighted by molar-refractivity contribution is -0.185. The molecule has 2 heterocycles. The molecule has 0 aliphatic carbocycles. The quantitative estimate of drug-likeness (QED) is 0.708. The second kappa shape index (κ2) is 10.0. The Morgan fingerprint density at radius 2 is 1.75 bits per heavy atom. The van der Waals surface area contributed by atoms with Crippen molar-refractivity contribution in [1.29, 1.82) is 0 Å². The number of morpholine rings is 1. The van der Waals surface area contributed by atoms with Crippen molar-refractivity contribution < 1.29 is 18.7 Å². The second-order valence-corrected chi connectivity index (χ2v) is 9.32. The van der Waals surface area contributed by atoms with Crippen LogP contribution in [0.3, 0.4) is 0 Å². The van der Waals surface area contributed by atoms with Gasteiger partial charge >= 0.3 is 0 Å². The summed E-state index contributed by atoms with van der Waals surface area (Å²) in [5.74, 6) is 1.06. The minimum atomic E-state index is -0.381. The summed E-state index contributed by atoms with van der Waals surface area (Å²) in [5, 5.41) is 3.40. The number of carbonyl (C=O) groups is 1. The average Bonchev–Trinajstić information content (AvgIpc) is 2.80. The van der Waals surface area contributed by atoms with Gasteiger partial charge in [-0.1, -0.05) is 38.1 Å². The molecule has 2 saturated heterocycles. The van der Waals surface area contributed by atoms with Crippen molar-refractivity contribution in [3.63, 3.8) is 0 Å². The monoisotopic (exact) mass is 440 g/mol. The number of ether oxygens (including phenoxy) is 2. The van der Waals surface area contributed by atoms with Crippen LogP contribution in [0.5, 0.6) is 5.75 Å². The van der Waals surface area contributed by atoms with Crippen LogP contribution in [0, 0.1) is 11.7 Å². The van der Waals surface area contributed by atoms with Crippen LogP contribution in [0.2, 0.25) is 0 Å². The highest BCUT2D eigenvalue weighted by Crippen LogP contribution is 2.36. The molecule has 1 N–H and O–H groups in total. The van der Waals surface area contributed by atoms with Crippen LogP contribution in [-0.4, -0.2) is 48.8 Å². The van der Waals surface area contributed by atoms with E-state index in [1.165, 1.54) is 12.1 Å². The Morgan fingerprint density at radius 1 is 1.09 bits per heavy atom. The van der Waals surface area contributed by atoms with Gasteiger partial charge in [-0.25, -0.2) is 4.39 Å². The third-order valence-corrected chi connectivity index (χ3v) is 6.44. The van der Waals surface area contributed by atoms with Gasteiger partial charge in [0, 0.05) is 6.54 Å². The maximum atomic E-state index is 13.5. The number of nitrogens with one attached hydrogen (secondary N) is 1. The Balaban J connectivity index is 1.56. The summed E-state index contributed by atoms with van der Waals surface area (Å²) in [6.45, 7) is 7.28. The molecule has 6 heteroatoms. The van der Waals surface area contributed by atoms with Crippen molar-refractivity contribution in [3.05, 3.63) is 65.5 Å². The largest absolute Gasteiger partial charge is 0.493 e. The summed E-state index contributed by atoms with van der Waals surface area (Å²) in [4.78, 5) is 15.0. The van der Waals surface area contributed by atoms with Gasteiger partial charge in [-0.2, -0.15) is 0 Å². The molecule has 0 bridgehead atoms. The molecule has 1 unspecified atom stereocenters. The fraction of sp³-hybridized carbons (Fsp3) is 0.500. The van der Waals surface area contributed by atoms with E-state index >= 15 is 0 Å². The Bertz CT molecular complexity index is 892. The van der Waals surface area contributed by atoms with E-state index in [0.29, 0.717) is 25.5 Å². The molecular formula is C26H33FN2O3. The van der Waals surface area contributed by atoms with E-state index in [2.05, 4.69) is 19.2 Å². The standard InChI is InChI=1S/C26H33FN2O3/c1-19(2)17-31-23-9-5-21(6-10-23)16-29-24(15-20-3-7-22(27)8-4-20)26(32-18-25(29)30)11-13-28-14-12-26/h3-10,19,24,28H,11-18H2,1-2H3. The van der Waals surface area contributed by atoms with Gasteiger partial charge in [-0.15, -0.1) is 0 Å². The van der Waals surface area contributed by atoms with Crippen LogP contribution >= 0.6 is 0 Å². The molecule has 172 valence electrons. The SMILES string of the molecule is CC(C)COc1ccc(CN2C(=O)COC3(CCNCC3)C2Cc2ccc(F)cc2)cc1. The van der Waals surface area contributed by atoms with Crippen molar-refractivity contribution in [2.24, 2.45) is 5.92 Å². The van der Waals surface area contributed by atoms with E-state index in [4.69, 9.17) is 9.47 Å². The van der Waals surface area contributed by atoms with Gasteiger partial charge in [0.1, 0.15) is 18.2 Å². The summed E-state index contributed by atoms with van der Waals surface area (Å²) < 4.78 is 25.5. The highest BCUT2D eigenvalue weighted by Gasteiger charge is 2.48. The van der Waals surface area contributed by atoms with E-state index in [1.807, 2.05) is 41.3 Å². The number of hydrogen-bond donors (Lipinski definition) is 1. The molecule has 0 aromatic heterocycles. The highest BCUT2D eigenvalue weighted by atomic mass is 19.1. The Kier molecular flexibility index (Phi) is 7.11. The summed E-state index contributed by atoms with van der Waals surface area (Å²) >= 11 is 0. The van der Waals surface area contributed by atoms with Crippen LogP contribution in [0.4, 0.5) is 4.39 Å². The maximum Gasteiger partial charge on any atom is 0.249 e. The Hall–Kier alpha value is -2.44. The molecule has 2 aromatic rings. The van der Waals surface area contributed by atoms with Gasteiger partial charge in [0.2, 0.25) is 5.91 Å². The first-order chi connectivity index (χ1) is 15.4. The van der Waals surface area contributed by atoms with Crippen molar-refractivity contribution >= 4 is 5.91 Å². The minimum absolute atomic E-state index is 0.00130. The molecule has 2 aliphatic rings. The van der Waals surface area contributed by atoms with Gasteiger partial charge in [-0.3, -0.25) is 4.79 Å². The van der Waals surface area contributed by atoms with Crippen LogP contribution in [0.25, 0.3) is 0 Å². The number of amides is 1. The van der Waals surface area contributed by atoms with E-state index in [-0.39, 0.29) is 30.0 Å². The summed E-state index contributed by atoms with van der Waals surface area (Å²) in [6, 6.07) is 14.5. The fourth-order valence-electron chi connectivity index (χ4n) is 4.66. The predicted molar refractivity (Wildman–Crippen MR) is 122 cm³/mol. The number of nitrogens with zero attached hydrogens (tertiary/aromatic N) is 1. The lowest BCUT2D eigenvalue weighted by Crippen LogP contribution is -2.65. The minimum Gasteiger partial charge on any atom is -0.493 e. The zero-order valence-electron chi connectivity index (χ0n) is 19.0. The van der Waals surface area contributed by atoms with Crippen molar-refractivity contribution in [3.8, 4) is 5.75 Å². The van der Waals surface area contributed by atoms with Crippen LogP contribution in [0.1, 0.15) is 37.8 Å². The van der Waals surface area contributed by atoms with E-state index in [9.17, 15) is 9.18 Å². The third kappa shape index (κ3) is 5.30. The molecule has 2 aromatic carbocycles. The van der Waals surface area contributed by atoms with Gasteiger partial charge in [0.25, 0.3) is 0 Å².